The minimum atomic E-state index is -1.65. The molecule has 0 spiro atoms. The third-order valence-corrected chi connectivity index (χ3v) is 17.2. The van der Waals surface area contributed by atoms with Crippen LogP contribution in [0.1, 0.15) is 120 Å². The molecule has 6 fully saturated rings. The van der Waals surface area contributed by atoms with E-state index in [2.05, 4.69) is 54.5 Å². The summed E-state index contributed by atoms with van der Waals surface area (Å²) < 4.78 is 24.2. The highest BCUT2D eigenvalue weighted by molar-refractivity contribution is 5.76. The fourth-order valence-electron chi connectivity index (χ4n) is 13.6. The summed E-state index contributed by atoms with van der Waals surface area (Å²) in [7, 11) is 0. The third kappa shape index (κ3) is 5.93. The van der Waals surface area contributed by atoms with Crippen LogP contribution in [0.3, 0.4) is 0 Å². The van der Waals surface area contributed by atoms with E-state index in [-0.39, 0.29) is 45.0 Å². The molecule has 18 atom stereocenters. The van der Waals surface area contributed by atoms with Gasteiger partial charge in [-0.1, -0.05) is 60.1 Å². The Balaban J connectivity index is 1.12. The van der Waals surface area contributed by atoms with Gasteiger partial charge in [-0.2, -0.15) is 0 Å². The van der Waals surface area contributed by atoms with Gasteiger partial charge < -0.3 is 54.7 Å². The summed E-state index contributed by atoms with van der Waals surface area (Å²) in [5, 5.41) is 74.6. The molecule has 0 aromatic heterocycles. The number of rotatable bonds is 6. The SMILES string of the molecule is C[C@@H]1O[C@@H](O[C@H]2[C@@H](O)[C@@H](CO)O[C@@H](O[C@H]3CC[C@]4(C)[C@H]5CC=C6[C@@H]7CC(C)(C)CC[C@]7(C(=O)O)CC[C@@]6(C)[C@]5(C)CC[C@H]4C3(C)C)[C@@H]2O)[C@H](O)[C@H](O)[C@H]1O. The van der Waals surface area contributed by atoms with Crippen LogP contribution in [0.4, 0.5) is 0 Å². The number of aliphatic hydroxyl groups is 6. The molecule has 4 saturated carbocycles. The van der Waals surface area contributed by atoms with Crippen LogP contribution in [0.2, 0.25) is 0 Å². The van der Waals surface area contributed by atoms with Gasteiger partial charge in [-0.05, 0) is 116 Å². The number of hydrogen-bond donors (Lipinski definition) is 7. The van der Waals surface area contributed by atoms with Crippen LogP contribution in [-0.4, -0.2) is 116 Å². The fraction of sp³-hybridized carbons (Fsp3) is 0.929. The van der Waals surface area contributed by atoms with Gasteiger partial charge in [0, 0.05) is 0 Å². The molecule has 12 nitrogen and oxygen atoms in total. The van der Waals surface area contributed by atoms with Crippen LogP contribution in [0.15, 0.2) is 11.6 Å². The average Bonchev–Trinajstić information content (AvgIpc) is 3.09. The second-order valence-electron chi connectivity index (χ2n) is 20.7. The van der Waals surface area contributed by atoms with Crippen molar-refractivity contribution in [3.8, 4) is 0 Å². The lowest BCUT2D eigenvalue weighted by Gasteiger charge is -2.71. The first-order valence-corrected chi connectivity index (χ1v) is 20.6. The summed E-state index contributed by atoms with van der Waals surface area (Å²) in [6.07, 6.45) is -2.79. The van der Waals surface area contributed by atoms with E-state index < -0.39 is 79.4 Å². The van der Waals surface area contributed by atoms with Gasteiger partial charge in [0.25, 0.3) is 0 Å². The van der Waals surface area contributed by atoms with Crippen molar-refractivity contribution in [1.29, 1.82) is 0 Å². The molecular formula is C42H68O12. The molecule has 308 valence electrons. The highest BCUT2D eigenvalue weighted by Gasteiger charge is 2.69. The molecule has 0 aromatic rings. The maximum Gasteiger partial charge on any atom is 0.310 e. The van der Waals surface area contributed by atoms with Crippen LogP contribution in [-0.2, 0) is 23.7 Å². The van der Waals surface area contributed by atoms with Crippen LogP contribution in [0.5, 0.6) is 0 Å². The Labute approximate surface area is 320 Å². The Kier molecular flexibility index (Phi) is 10.4. The number of carboxylic acid groups (broad SMARTS) is 1. The van der Waals surface area contributed by atoms with E-state index in [4.69, 9.17) is 18.9 Å². The molecule has 5 aliphatic carbocycles. The number of fused-ring (bicyclic) bond motifs is 7. The second kappa shape index (κ2) is 13.7. The van der Waals surface area contributed by atoms with Crippen molar-refractivity contribution < 1.29 is 59.5 Å². The molecule has 0 bridgehead atoms. The van der Waals surface area contributed by atoms with Gasteiger partial charge in [0.15, 0.2) is 12.6 Å². The largest absolute Gasteiger partial charge is 0.481 e. The van der Waals surface area contributed by atoms with Crippen molar-refractivity contribution in [2.75, 3.05) is 6.61 Å². The standard InChI is InChI=1S/C42H68O12/c1-21-28(44)30(46)31(47)34(51-21)54-33-29(45)24(20-43)52-35(32(33)48)53-27-12-13-39(6)25(38(27,4)5)11-14-41(8)26(39)10-9-22-23-19-37(2,3)15-17-42(23,36(49)50)18-16-40(22,41)7/h9,21,23-35,43-48H,10-20H2,1-8H3,(H,49,50)/t21-,23-,24+,25-,26+,27-,28-,29-,30+,31+,32+,33-,34-,35-,39-,40+,41+,42-/m0/s1. The summed E-state index contributed by atoms with van der Waals surface area (Å²) in [6, 6.07) is 0. The molecular weight excluding hydrogens is 696 g/mol. The zero-order valence-electron chi connectivity index (χ0n) is 33.6. The molecule has 7 aliphatic rings. The van der Waals surface area contributed by atoms with Crippen molar-refractivity contribution >= 4 is 5.97 Å². The molecule has 0 unspecified atom stereocenters. The molecule has 2 aliphatic heterocycles. The molecule has 0 aromatic carbocycles. The van der Waals surface area contributed by atoms with E-state index in [0.717, 1.165) is 57.8 Å². The number of ether oxygens (including phenoxy) is 4. The molecule has 7 N–H and O–H groups in total. The minimum Gasteiger partial charge on any atom is -0.481 e. The highest BCUT2D eigenvalue weighted by atomic mass is 16.7. The molecule has 0 radical (unpaired) electrons. The van der Waals surface area contributed by atoms with E-state index in [1.165, 1.54) is 12.5 Å². The van der Waals surface area contributed by atoms with E-state index in [1.807, 2.05) is 0 Å². The van der Waals surface area contributed by atoms with Gasteiger partial charge in [0.05, 0.1) is 24.2 Å². The summed E-state index contributed by atoms with van der Waals surface area (Å²) in [4.78, 5) is 13.0. The van der Waals surface area contributed by atoms with Crippen LogP contribution in [0.25, 0.3) is 0 Å². The lowest BCUT2D eigenvalue weighted by atomic mass is 9.33. The normalized spacial score (nSPS) is 53.9. The van der Waals surface area contributed by atoms with E-state index in [0.29, 0.717) is 12.3 Å². The molecule has 2 saturated heterocycles. The minimum absolute atomic E-state index is 0.00293. The average molecular weight is 765 g/mol. The lowest BCUT2D eigenvalue weighted by Crippen LogP contribution is -2.66. The Morgan fingerprint density at radius 3 is 2.11 bits per heavy atom. The Bertz CT molecular complexity index is 1470. The number of hydrogen-bond acceptors (Lipinski definition) is 11. The van der Waals surface area contributed by atoms with Crippen molar-refractivity contribution in [2.24, 2.45) is 50.2 Å². The maximum absolute atomic E-state index is 13.0. The third-order valence-electron chi connectivity index (χ3n) is 17.2. The zero-order chi connectivity index (χ0) is 39.6. The molecule has 7 rings (SSSR count). The summed E-state index contributed by atoms with van der Waals surface area (Å²) >= 11 is 0. The van der Waals surface area contributed by atoms with Crippen LogP contribution >= 0.6 is 0 Å². The first-order valence-electron chi connectivity index (χ1n) is 20.6. The van der Waals surface area contributed by atoms with E-state index in [1.54, 1.807) is 0 Å². The van der Waals surface area contributed by atoms with Crippen LogP contribution in [0, 0.1) is 50.2 Å². The van der Waals surface area contributed by atoms with Crippen molar-refractivity contribution in [3.05, 3.63) is 11.6 Å². The number of aliphatic hydroxyl groups excluding tert-OH is 6. The Morgan fingerprint density at radius 2 is 1.44 bits per heavy atom. The Morgan fingerprint density at radius 1 is 0.778 bits per heavy atom. The number of allylic oxidation sites excluding steroid dienone is 2. The van der Waals surface area contributed by atoms with Crippen molar-refractivity contribution in [2.45, 2.75) is 187 Å². The highest BCUT2D eigenvalue weighted by Crippen LogP contribution is 2.76. The number of carboxylic acids is 1. The van der Waals surface area contributed by atoms with Gasteiger partial charge in [-0.25, -0.2) is 0 Å². The first-order chi connectivity index (χ1) is 25.1. The van der Waals surface area contributed by atoms with Crippen molar-refractivity contribution in [1.82, 2.24) is 0 Å². The van der Waals surface area contributed by atoms with E-state index >= 15 is 0 Å². The van der Waals surface area contributed by atoms with Gasteiger partial charge in [0.2, 0.25) is 0 Å². The summed E-state index contributed by atoms with van der Waals surface area (Å²) in [5.74, 6) is 0.119. The zero-order valence-corrected chi connectivity index (χ0v) is 33.6. The van der Waals surface area contributed by atoms with E-state index in [9.17, 15) is 40.5 Å². The summed E-state index contributed by atoms with van der Waals surface area (Å²) in [5.41, 5.74) is 0.395. The lowest BCUT2D eigenvalue weighted by molar-refractivity contribution is -0.367. The van der Waals surface area contributed by atoms with Gasteiger partial charge >= 0.3 is 5.97 Å². The van der Waals surface area contributed by atoms with Crippen molar-refractivity contribution in [3.63, 3.8) is 0 Å². The molecule has 12 heteroatoms. The van der Waals surface area contributed by atoms with Gasteiger partial charge in [-0.15, -0.1) is 0 Å². The molecule has 0 amide bonds. The second-order valence-corrected chi connectivity index (χ2v) is 20.7. The molecule has 2 heterocycles. The fourth-order valence-corrected chi connectivity index (χ4v) is 13.6. The smallest absolute Gasteiger partial charge is 0.310 e. The Hall–Kier alpha value is -1.19. The number of carbonyl (C=O) groups is 1. The summed E-state index contributed by atoms with van der Waals surface area (Å²) in [6.45, 7) is 17.4. The van der Waals surface area contributed by atoms with Crippen LogP contribution < -0.4 is 0 Å². The molecule has 54 heavy (non-hydrogen) atoms. The quantitative estimate of drug-likeness (QED) is 0.153. The predicted molar refractivity (Wildman–Crippen MR) is 197 cm³/mol. The maximum atomic E-state index is 13.0. The van der Waals surface area contributed by atoms with Gasteiger partial charge in [-0.3, -0.25) is 4.79 Å². The monoisotopic (exact) mass is 764 g/mol. The topological polar surface area (TPSA) is 196 Å². The van der Waals surface area contributed by atoms with Gasteiger partial charge in [0.1, 0.15) is 42.7 Å². The predicted octanol–water partition coefficient (Wildman–Crippen LogP) is 3.91. The first kappa shape index (κ1) is 41.0. The number of aliphatic carboxylic acids is 1.